The van der Waals surface area contributed by atoms with Gasteiger partial charge in [-0.1, -0.05) is 23.7 Å². The molecule has 7 nitrogen and oxygen atoms in total. The van der Waals surface area contributed by atoms with Crippen LogP contribution in [0.25, 0.3) is 16.6 Å². The quantitative estimate of drug-likeness (QED) is 0.455. The van der Waals surface area contributed by atoms with Crippen LogP contribution in [0.3, 0.4) is 0 Å². The number of ketones is 1. The molecule has 33 heavy (non-hydrogen) atoms. The fraction of sp³-hybridized carbons (Fsp3) is 0.120. The fourth-order valence-corrected chi connectivity index (χ4v) is 3.80. The maximum absolute atomic E-state index is 13.4. The van der Waals surface area contributed by atoms with Crippen LogP contribution in [0.1, 0.15) is 22.8 Å². The molecule has 1 heterocycles. The molecule has 0 aliphatic carbocycles. The summed E-state index contributed by atoms with van der Waals surface area (Å²) in [6.07, 6.45) is 0. The molecule has 8 heteroatoms. The lowest BCUT2D eigenvalue weighted by atomic mass is 10.1. The zero-order chi connectivity index (χ0) is 23.7. The summed E-state index contributed by atoms with van der Waals surface area (Å²) in [5.41, 5.74) is 1.35. The lowest BCUT2D eigenvalue weighted by Gasteiger charge is -2.15. The predicted molar refractivity (Wildman–Crippen MR) is 129 cm³/mol. The molecule has 166 valence electrons. The number of Topliss-reactive ketones (excluding diaryl/α,β-unsaturated/α-hetero) is 1. The van der Waals surface area contributed by atoms with Crippen LogP contribution >= 0.6 is 11.6 Å². The van der Waals surface area contributed by atoms with Gasteiger partial charge in [0.25, 0.3) is 5.56 Å². The van der Waals surface area contributed by atoms with Gasteiger partial charge in [-0.2, -0.15) is 0 Å². The second-order valence-electron chi connectivity index (χ2n) is 7.69. The van der Waals surface area contributed by atoms with Gasteiger partial charge < -0.3 is 5.32 Å². The first kappa shape index (κ1) is 22.2. The highest BCUT2D eigenvalue weighted by molar-refractivity contribution is 6.31. The molecule has 0 unspecified atom stereocenters. The number of carbonyl (C=O) groups is 2. The molecule has 0 bridgehead atoms. The summed E-state index contributed by atoms with van der Waals surface area (Å²) in [6.45, 7) is 3.01. The van der Waals surface area contributed by atoms with Crippen molar-refractivity contribution >= 4 is 39.9 Å². The average Bonchev–Trinajstić information content (AvgIpc) is 2.77. The number of rotatable bonds is 5. The minimum absolute atomic E-state index is 0.132. The van der Waals surface area contributed by atoms with Gasteiger partial charge in [-0.3, -0.25) is 19.0 Å². The number of anilines is 1. The number of benzene rings is 3. The molecular formula is C25H20ClN3O4. The van der Waals surface area contributed by atoms with E-state index in [1.165, 1.54) is 35.8 Å². The highest BCUT2D eigenvalue weighted by Crippen LogP contribution is 2.17. The summed E-state index contributed by atoms with van der Waals surface area (Å²) in [5, 5.41) is 3.34. The van der Waals surface area contributed by atoms with Crippen LogP contribution in [0, 0.1) is 6.92 Å². The second-order valence-corrected chi connectivity index (χ2v) is 8.13. The molecule has 0 saturated heterocycles. The van der Waals surface area contributed by atoms with E-state index in [0.29, 0.717) is 22.0 Å². The summed E-state index contributed by atoms with van der Waals surface area (Å²) >= 11 is 6.13. The third-order valence-corrected chi connectivity index (χ3v) is 5.48. The first-order valence-corrected chi connectivity index (χ1v) is 10.6. The first-order chi connectivity index (χ1) is 15.7. The van der Waals surface area contributed by atoms with E-state index >= 15 is 0 Å². The highest BCUT2D eigenvalue weighted by atomic mass is 35.5. The molecule has 4 rings (SSSR count). The van der Waals surface area contributed by atoms with Crippen LogP contribution in [-0.2, 0) is 11.3 Å². The fourth-order valence-electron chi connectivity index (χ4n) is 3.63. The normalized spacial score (nSPS) is 10.9. The lowest BCUT2D eigenvalue weighted by molar-refractivity contribution is -0.116. The summed E-state index contributed by atoms with van der Waals surface area (Å²) in [6, 6.07) is 18.0. The smallest absolute Gasteiger partial charge is 0.325 e. The van der Waals surface area contributed by atoms with Crippen LogP contribution in [-0.4, -0.2) is 20.8 Å². The molecule has 0 fully saturated rings. The predicted octanol–water partition coefficient (Wildman–Crippen LogP) is 3.96. The number of nitrogens with zero attached hydrogens (tertiary/aromatic N) is 2. The van der Waals surface area contributed by atoms with E-state index in [4.69, 9.17) is 11.6 Å². The van der Waals surface area contributed by atoms with E-state index in [1.807, 2.05) is 25.1 Å². The summed E-state index contributed by atoms with van der Waals surface area (Å²) in [4.78, 5) is 51.0. The van der Waals surface area contributed by atoms with Crippen molar-refractivity contribution in [2.45, 2.75) is 20.4 Å². The molecule has 0 aliphatic heterocycles. The van der Waals surface area contributed by atoms with Crippen LogP contribution in [0.15, 0.2) is 76.3 Å². The van der Waals surface area contributed by atoms with Gasteiger partial charge in [0, 0.05) is 16.3 Å². The molecule has 0 spiro atoms. The van der Waals surface area contributed by atoms with Gasteiger partial charge in [0.15, 0.2) is 5.78 Å². The van der Waals surface area contributed by atoms with Gasteiger partial charge in [-0.15, -0.1) is 0 Å². The van der Waals surface area contributed by atoms with Crippen molar-refractivity contribution in [2.24, 2.45) is 0 Å². The average molecular weight is 462 g/mol. The maximum atomic E-state index is 13.4. The van der Waals surface area contributed by atoms with Crippen molar-refractivity contribution in [2.75, 3.05) is 5.32 Å². The van der Waals surface area contributed by atoms with Crippen molar-refractivity contribution in [1.82, 2.24) is 9.13 Å². The minimum Gasteiger partial charge on any atom is -0.325 e. The molecule has 0 aliphatic rings. The molecule has 3 aromatic carbocycles. The maximum Gasteiger partial charge on any atom is 0.336 e. The van der Waals surface area contributed by atoms with Crippen LogP contribution < -0.4 is 16.6 Å². The van der Waals surface area contributed by atoms with Crippen molar-refractivity contribution < 1.29 is 9.59 Å². The van der Waals surface area contributed by atoms with Crippen molar-refractivity contribution in [3.63, 3.8) is 0 Å². The van der Waals surface area contributed by atoms with Gasteiger partial charge in [-0.05, 0) is 74.0 Å². The van der Waals surface area contributed by atoms with E-state index in [2.05, 4.69) is 5.32 Å². The Hall–Kier alpha value is -3.97. The Morgan fingerprint density at radius 1 is 0.970 bits per heavy atom. The van der Waals surface area contributed by atoms with Crippen molar-refractivity contribution in [1.29, 1.82) is 0 Å². The number of hydrogen-bond acceptors (Lipinski definition) is 4. The van der Waals surface area contributed by atoms with E-state index in [9.17, 15) is 19.2 Å². The molecule has 0 atom stereocenters. The number of fused-ring (bicyclic) bond motifs is 1. The first-order valence-electron chi connectivity index (χ1n) is 10.2. The molecule has 1 aromatic heterocycles. The number of halogens is 1. The van der Waals surface area contributed by atoms with Gasteiger partial charge in [0.1, 0.15) is 6.54 Å². The number of aromatic nitrogens is 2. The Morgan fingerprint density at radius 3 is 2.36 bits per heavy atom. The highest BCUT2D eigenvalue weighted by Gasteiger charge is 2.17. The van der Waals surface area contributed by atoms with E-state index < -0.39 is 17.2 Å². The Labute approximate surface area is 193 Å². The van der Waals surface area contributed by atoms with E-state index in [-0.39, 0.29) is 23.2 Å². The van der Waals surface area contributed by atoms with Gasteiger partial charge in [-0.25, -0.2) is 9.36 Å². The number of nitrogens with one attached hydrogen (secondary N) is 1. The Kier molecular flexibility index (Phi) is 5.98. The van der Waals surface area contributed by atoms with Crippen molar-refractivity contribution in [3.05, 3.63) is 104 Å². The number of aryl methyl sites for hydroxylation is 1. The Bertz CT molecular complexity index is 1520. The van der Waals surface area contributed by atoms with Gasteiger partial charge in [0.05, 0.1) is 16.6 Å². The lowest BCUT2D eigenvalue weighted by Crippen LogP contribution is -2.40. The number of carbonyl (C=O) groups excluding carboxylic acids is 2. The summed E-state index contributed by atoms with van der Waals surface area (Å²) < 4.78 is 2.20. The zero-order valence-electron chi connectivity index (χ0n) is 18.0. The molecule has 1 N–H and O–H groups in total. The second kappa shape index (κ2) is 8.88. The van der Waals surface area contributed by atoms with Gasteiger partial charge >= 0.3 is 5.69 Å². The van der Waals surface area contributed by atoms with E-state index in [0.717, 1.165) is 10.1 Å². The molecular weight excluding hydrogens is 442 g/mol. The monoisotopic (exact) mass is 461 g/mol. The number of amides is 1. The molecule has 0 saturated carbocycles. The summed E-state index contributed by atoms with van der Waals surface area (Å²) in [7, 11) is 0. The topological polar surface area (TPSA) is 90.2 Å². The van der Waals surface area contributed by atoms with Crippen molar-refractivity contribution in [3.8, 4) is 5.69 Å². The van der Waals surface area contributed by atoms with Crippen LogP contribution in [0.5, 0.6) is 0 Å². The SMILES string of the molecule is CC(=O)c1ccc(-n2c(=O)c3ccc(Cl)cc3n(CC(=O)Nc3cccc(C)c3)c2=O)cc1. The Balaban J connectivity index is 1.85. The minimum atomic E-state index is -0.690. The molecule has 0 radical (unpaired) electrons. The third kappa shape index (κ3) is 4.49. The standard InChI is InChI=1S/C25H20ClN3O4/c1-15-4-3-5-19(12-15)27-23(31)14-28-22-13-18(26)8-11-21(22)24(32)29(25(28)33)20-9-6-17(7-10-20)16(2)30/h3-13H,14H2,1-2H3,(H,27,31). The van der Waals surface area contributed by atoms with Gasteiger partial charge in [0.2, 0.25) is 5.91 Å². The van der Waals surface area contributed by atoms with E-state index in [1.54, 1.807) is 24.3 Å². The largest absolute Gasteiger partial charge is 0.336 e. The molecule has 1 amide bonds. The Morgan fingerprint density at radius 2 is 1.70 bits per heavy atom. The zero-order valence-corrected chi connectivity index (χ0v) is 18.7. The number of hydrogen-bond donors (Lipinski definition) is 1. The van der Waals surface area contributed by atoms with Crippen LogP contribution in [0.4, 0.5) is 5.69 Å². The molecule has 4 aromatic rings. The summed E-state index contributed by atoms with van der Waals surface area (Å²) in [5.74, 6) is -0.562. The van der Waals surface area contributed by atoms with Crippen LogP contribution in [0.2, 0.25) is 5.02 Å². The third-order valence-electron chi connectivity index (χ3n) is 5.24.